The molecule has 0 aromatic carbocycles. The molecule has 1 aliphatic rings. The fourth-order valence-electron chi connectivity index (χ4n) is 1.74. The van der Waals surface area contributed by atoms with Gasteiger partial charge in [0.15, 0.2) is 0 Å². The summed E-state index contributed by atoms with van der Waals surface area (Å²) in [6.07, 6.45) is 3.20. The van der Waals surface area contributed by atoms with Crippen LogP contribution in [0.15, 0.2) is 0 Å². The Balaban J connectivity index is 2.29. The molecule has 1 aliphatic carbocycles. The summed E-state index contributed by atoms with van der Waals surface area (Å²) in [5.74, 6) is -2.06. The molecule has 0 saturated heterocycles. The molecule has 1 rings (SSSR count). The van der Waals surface area contributed by atoms with Crippen molar-refractivity contribution in [3.05, 3.63) is 0 Å². The lowest BCUT2D eigenvalue weighted by atomic mass is 9.86. The normalized spacial score (nSPS) is 26.9. The molecular formula is C9H15NO4. The Morgan fingerprint density at radius 1 is 1.21 bits per heavy atom. The molecule has 80 valence electrons. The molecule has 0 aliphatic heterocycles. The number of nitrogens with one attached hydrogen (secondary N) is 1. The molecule has 0 atom stereocenters. The van der Waals surface area contributed by atoms with Crippen molar-refractivity contribution in [2.45, 2.75) is 31.7 Å². The van der Waals surface area contributed by atoms with Crippen LogP contribution in [0.4, 0.5) is 0 Å². The Morgan fingerprint density at radius 2 is 1.79 bits per heavy atom. The van der Waals surface area contributed by atoms with Gasteiger partial charge in [-0.05, 0) is 31.6 Å². The zero-order valence-electron chi connectivity index (χ0n) is 7.90. The van der Waals surface area contributed by atoms with Crippen LogP contribution in [0, 0.1) is 5.92 Å². The number of amides is 1. The van der Waals surface area contributed by atoms with Gasteiger partial charge in [0.2, 0.25) is 0 Å². The largest absolute Gasteiger partial charge is 0.474 e. The first-order chi connectivity index (χ1) is 6.63. The fourth-order valence-corrected chi connectivity index (χ4v) is 1.74. The van der Waals surface area contributed by atoms with E-state index in [1.54, 1.807) is 0 Å². The molecular weight excluding hydrogens is 186 g/mol. The van der Waals surface area contributed by atoms with Gasteiger partial charge in [-0.3, -0.25) is 4.79 Å². The number of carbonyl (C=O) groups is 2. The van der Waals surface area contributed by atoms with Crippen molar-refractivity contribution in [1.82, 2.24) is 5.32 Å². The summed E-state index contributed by atoms with van der Waals surface area (Å²) in [6, 6.07) is -0.0404. The van der Waals surface area contributed by atoms with Gasteiger partial charge in [-0.15, -0.1) is 0 Å². The first-order valence-corrected chi connectivity index (χ1v) is 4.78. The minimum absolute atomic E-state index is 0.0404. The van der Waals surface area contributed by atoms with Crippen molar-refractivity contribution in [2.75, 3.05) is 6.61 Å². The topological polar surface area (TPSA) is 86.6 Å². The molecule has 0 unspecified atom stereocenters. The first kappa shape index (κ1) is 11.0. The molecule has 1 amide bonds. The van der Waals surface area contributed by atoms with Gasteiger partial charge in [0.05, 0.1) is 0 Å². The average molecular weight is 201 g/mol. The highest BCUT2D eigenvalue weighted by Gasteiger charge is 2.23. The van der Waals surface area contributed by atoms with Gasteiger partial charge in [0.25, 0.3) is 0 Å². The van der Waals surface area contributed by atoms with Gasteiger partial charge < -0.3 is 15.5 Å². The SMILES string of the molecule is O=C(O)C(=O)NC1CCC(CO)CC1. The van der Waals surface area contributed by atoms with Crippen LogP contribution in [-0.2, 0) is 9.59 Å². The van der Waals surface area contributed by atoms with E-state index >= 15 is 0 Å². The number of carbonyl (C=O) groups excluding carboxylic acids is 1. The van der Waals surface area contributed by atoms with E-state index in [1.165, 1.54) is 0 Å². The highest BCUT2D eigenvalue weighted by atomic mass is 16.4. The van der Waals surface area contributed by atoms with Crippen LogP contribution >= 0.6 is 0 Å². The minimum atomic E-state index is -1.44. The standard InChI is InChI=1S/C9H15NO4/c11-5-6-1-3-7(4-2-6)10-8(12)9(13)14/h6-7,11H,1-5H2,(H,10,12)(H,13,14). The number of hydrogen-bond donors (Lipinski definition) is 3. The number of aliphatic carboxylic acids is 1. The Hall–Kier alpha value is -1.10. The maximum Gasteiger partial charge on any atom is 0.394 e. The smallest absolute Gasteiger partial charge is 0.394 e. The molecule has 0 aromatic heterocycles. The van der Waals surface area contributed by atoms with Crippen LogP contribution in [0.1, 0.15) is 25.7 Å². The number of aliphatic hydroxyl groups excluding tert-OH is 1. The third-order valence-electron chi connectivity index (χ3n) is 2.63. The van der Waals surface area contributed by atoms with Gasteiger partial charge in [-0.1, -0.05) is 0 Å². The van der Waals surface area contributed by atoms with E-state index in [-0.39, 0.29) is 12.6 Å². The first-order valence-electron chi connectivity index (χ1n) is 4.78. The summed E-state index contributed by atoms with van der Waals surface area (Å²) in [6.45, 7) is 0.180. The molecule has 0 radical (unpaired) electrons. The third-order valence-corrected chi connectivity index (χ3v) is 2.63. The molecule has 1 fully saturated rings. The number of carboxylic acid groups (broad SMARTS) is 1. The predicted molar refractivity (Wildman–Crippen MR) is 48.6 cm³/mol. The quantitative estimate of drug-likeness (QED) is 0.537. The van der Waals surface area contributed by atoms with Crippen LogP contribution in [0.2, 0.25) is 0 Å². The highest BCUT2D eigenvalue weighted by molar-refractivity contribution is 6.31. The fraction of sp³-hybridized carbons (Fsp3) is 0.778. The van der Waals surface area contributed by atoms with Crippen LogP contribution in [0.5, 0.6) is 0 Å². The second kappa shape index (κ2) is 4.95. The summed E-state index contributed by atoms with van der Waals surface area (Å²) < 4.78 is 0. The summed E-state index contributed by atoms with van der Waals surface area (Å²) in [7, 11) is 0. The monoisotopic (exact) mass is 201 g/mol. The van der Waals surface area contributed by atoms with E-state index in [4.69, 9.17) is 10.2 Å². The minimum Gasteiger partial charge on any atom is -0.474 e. The Morgan fingerprint density at radius 3 is 2.21 bits per heavy atom. The van der Waals surface area contributed by atoms with Gasteiger partial charge in [-0.2, -0.15) is 0 Å². The van der Waals surface area contributed by atoms with E-state index in [1.807, 2.05) is 0 Å². The van der Waals surface area contributed by atoms with E-state index in [0.717, 1.165) is 25.7 Å². The molecule has 1 saturated carbocycles. The van der Waals surface area contributed by atoms with E-state index < -0.39 is 11.9 Å². The third kappa shape index (κ3) is 2.99. The second-order valence-electron chi connectivity index (χ2n) is 3.68. The number of aliphatic hydroxyl groups is 1. The van der Waals surface area contributed by atoms with Crippen LogP contribution in [-0.4, -0.2) is 34.7 Å². The maximum atomic E-state index is 10.8. The van der Waals surface area contributed by atoms with Gasteiger partial charge >= 0.3 is 11.9 Å². The molecule has 0 heterocycles. The second-order valence-corrected chi connectivity index (χ2v) is 3.68. The molecule has 5 heteroatoms. The number of rotatable bonds is 2. The van der Waals surface area contributed by atoms with Crippen molar-refractivity contribution in [3.8, 4) is 0 Å². The lowest BCUT2D eigenvalue weighted by Gasteiger charge is -2.27. The van der Waals surface area contributed by atoms with Crippen molar-refractivity contribution in [3.63, 3.8) is 0 Å². The van der Waals surface area contributed by atoms with Crippen LogP contribution in [0.25, 0.3) is 0 Å². The summed E-state index contributed by atoms with van der Waals surface area (Å²) in [4.78, 5) is 21.0. The predicted octanol–water partition coefficient (Wildman–Crippen LogP) is -0.262. The lowest BCUT2D eigenvalue weighted by Crippen LogP contribution is -2.41. The van der Waals surface area contributed by atoms with Crippen molar-refractivity contribution in [1.29, 1.82) is 0 Å². The van der Waals surface area contributed by atoms with Gasteiger partial charge in [0.1, 0.15) is 0 Å². The molecule has 14 heavy (non-hydrogen) atoms. The summed E-state index contributed by atoms with van der Waals surface area (Å²) >= 11 is 0. The Labute approximate surface area is 82.1 Å². The van der Waals surface area contributed by atoms with E-state index in [9.17, 15) is 9.59 Å². The molecule has 0 bridgehead atoms. The number of carboxylic acids is 1. The zero-order chi connectivity index (χ0) is 10.6. The van der Waals surface area contributed by atoms with Crippen LogP contribution < -0.4 is 5.32 Å². The van der Waals surface area contributed by atoms with Gasteiger partial charge in [-0.25, -0.2) is 4.79 Å². The molecule has 3 N–H and O–H groups in total. The Bertz CT molecular complexity index is 221. The van der Waals surface area contributed by atoms with Crippen molar-refractivity contribution in [2.24, 2.45) is 5.92 Å². The lowest BCUT2D eigenvalue weighted by molar-refractivity contribution is -0.150. The van der Waals surface area contributed by atoms with E-state index in [0.29, 0.717) is 5.92 Å². The summed E-state index contributed by atoms with van der Waals surface area (Å²) in [5, 5.41) is 19.7. The Kier molecular flexibility index (Phi) is 3.88. The number of hydrogen-bond acceptors (Lipinski definition) is 3. The summed E-state index contributed by atoms with van der Waals surface area (Å²) in [5.41, 5.74) is 0. The molecule has 0 spiro atoms. The zero-order valence-corrected chi connectivity index (χ0v) is 7.90. The molecule has 0 aromatic rings. The van der Waals surface area contributed by atoms with Crippen molar-refractivity contribution >= 4 is 11.9 Å². The maximum absolute atomic E-state index is 10.8. The highest BCUT2D eigenvalue weighted by Crippen LogP contribution is 2.23. The van der Waals surface area contributed by atoms with Crippen LogP contribution in [0.3, 0.4) is 0 Å². The van der Waals surface area contributed by atoms with Crippen molar-refractivity contribution < 1.29 is 19.8 Å². The van der Waals surface area contributed by atoms with Gasteiger partial charge in [0, 0.05) is 12.6 Å². The molecule has 5 nitrogen and oxygen atoms in total. The average Bonchev–Trinajstić information content (AvgIpc) is 2.19. The van der Waals surface area contributed by atoms with E-state index in [2.05, 4.69) is 5.32 Å².